The molecule has 2 amide bonds. The Balaban J connectivity index is 1.27. The van der Waals surface area contributed by atoms with Crippen LogP contribution in [-0.4, -0.2) is 43.5 Å². The van der Waals surface area contributed by atoms with E-state index in [0.717, 1.165) is 31.4 Å². The van der Waals surface area contributed by atoms with Gasteiger partial charge in [0.05, 0.1) is 11.9 Å². The van der Waals surface area contributed by atoms with Crippen LogP contribution in [-0.2, 0) is 7.05 Å². The fraction of sp³-hybridized carbons (Fsp3) is 0.333. The second kappa shape index (κ2) is 8.30. The van der Waals surface area contributed by atoms with E-state index in [1.807, 2.05) is 60.3 Å². The third kappa shape index (κ3) is 4.37. The maximum absolute atomic E-state index is 12.5. The first-order valence-corrected chi connectivity index (χ1v) is 9.81. The number of benzene rings is 1. The van der Waals surface area contributed by atoms with Crippen LogP contribution in [0.1, 0.15) is 46.7 Å². The number of carbonyl (C=O) groups excluding carboxylic acids is 2. The van der Waals surface area contributed by atoms with Gasteiger partial charge in [0.2, 0.25) is 0 Å². The topological polar surface area (TPSA) is 93.8 Å². The monoisotopic (exact) mass is 392 g/mol. The van der Waals surface area contributed by atoms with Crippen molar-refractivity contribution in [1.82, 2.24) is 30.2 Å². The highest BCUT2D eigenvalue weighted by atomic mass is 16.2. The summed E-state index contributed by atoms with van der Waals surface area (Å²) < 4.78 is 1.81. The summed E-state index contributed by atoms with van der Waals surface area (Å²) in [5, 5.41) is 14.6. The predicted molar refractivity (Wildman–Crippen MR) is 108 cm³/mol. The summed E-state index contributed by atoms with van der Waals surface area (Å²) in [5.41, 5.74) is 1.76. The number of aryl methyl sites for hydroxylation is 1. The van der Waals surface area contributed by atoms with Crippen molar-refractivity contribution in [2.24, 2.45) is 7.05 Å². The van der Waals surface area contributed by atoms with Gasteiger partial charge in [-0.2, -0.15) is 9.90 Å². The number of aromatic nitrogens is 4. The minimum Gasteiger partial charge on any atom is -0.348 e. The van der Waals surface area contributed by atoms with Crippen molar-refractivity contribution in [2.45, 2.75) is 37.8 Å². The predicted octanol–water partition coefficient (Wildman–Crippen LogP) is 2.08. The van der Waals surface area contributed by atoms with Gasteiger partial charge < -0.3 is 15.2 Å². The summed E-state index contributed by atoms with van der Waals surface area (Å²) in [6.45, 7) is 0. The molecule has 0 aliphatic heterocycles. The Morgan fingerprint density at radius 2 is 1.59 bits per heavy atom. The molecule has 3 aromatic rings. The average molecular weight is 392 g/mol. The standard InChI is InChI=1S/C21H24N6O2/c1-26-13-5-8-19(26)21(29)24-16-11-9-15(10-12-16)23-20(28)18-14-22-27(25-18)17-6-3-2-4-7-17/h2-8,13-16H,9-12H2,1H3,(H,23,28)(H,24,29). The van der Waals surface area contributed by atoms with Crippen LogP contribution in [0.15, 0.2) is 54.9 Å². The highest BCUT2D eigenvalue weighted by Gasteiger charge is 2.25. The van der Waals surface area contributed by atoms with E-state index >= 15 is 0 Å². The fourth-order valence-electron chi connectivity index (χ4n) is 3.65. The van der Waals surface area contributed by atoms with Crippen LogP contribution >= 0.6 is 0 Å². The molecule has 0 radical (unpaired) electrons. The Hall–Kier alpha value is -3.42. The first-order chi connectivity index (χ1) is 14.1. The highest BCUT2D eigenvalue weighted by molar-refractivity contribution is 5.93. The van der Waals surface area contributed by atoms with E-state index in [2.05, 4.69) is 20.8 Å². The quantitative estimate of drug-likeness (QED) is 0.695. The Labute approximate surface area is 168 Å². The fourth-order valence-corrected chi connectivity index (χ4v) is 3.65. The number of amides is 2. The molecule has 2 aromatic heterocycles. The van der Waals surface area contributed by atoms with Crippen LogP contribution in [0.5, 0.6) is 0 Å². The molecule has 150 valence electrons. The summed E-state index contributed by atoms with van der Waals surface area (Å²) in [6.07, 6.45) is 6.63. The maximum Gasteiger partial charge on any atom is 0.273 e. The van der Waals surface area contributed by atoms with Gasteiger partial charge in [0.1, 0.15) is 5.69 Å². The number of carbonyl (C=O) groups is 2. The van der Waals surface area contributed by atoms with Crippen molar-refractivity contribution >= 4 is 11.8 Å². The molecule has 1 aliphatic rings. The van der Waals surface area contributed by atoms with E-state index < -0.39 is 0 Å². The molecule has 0 unspecified atom stereocenters. The molecule has 4 rings (SSSR count). The summed E-state index contributed by atoms with van der Waals surface area (Å²) >= 11 is 0. The second-order valence-corrected chi connectivity index (χ2v) is 7.35. The van der Waals surface area contributed by atoms with Crippen molar-refractivity contribution in [2.75, 3.05) is 0 Å². The molecule has 0 saturated heterocycles. The largest absolute Gasteiger partial charge is 0.348 e. The third-order valence-corrected chi connectivity index (χ3v) is 5.29. The normalized spacial score (nSPS) is 18.9. The lowest BCUT2D eigenvalue weighted by Gasteiger charge is -2.29. The van der Waals surface area contributed by atoms with Crippen LogP contribution in [0.25, 0.3) is 5.69 Å². The van der Waals surface area contributed by atoms with Gasteiger partial charge >= 0.3 is 0 Å². The molecular formula is C21H24N6O2. The Bertz CT molecular complexity index is 986. The van der Waals surface area contributed by atoms with E-state index in [9.17, 15) is 9.59 Å². The van der Waals surface area contributed by atoms with Gasteiger partial charge in [0.15, 0.2) is 5.69 Å². The number of nitrogens with zero attached hydrogens (tertiary/aromatic N) is 4. The minimum absolute atomic E-state index is 0.0532. The lowest BCUT2D eigenvalue weighted by molar-refractivity contribution is 0.0885. The number of hydrogen-bond acceptors (Lipinski definition) is 4. The summed E-state index contributed by atoms with van der Waals surface area (Å²) in [6, 6.07) is 13.3. The Morgan fingerprint density at radius 1 is 0.931 bits per heavy atom. The molecular weight excluding hydrogens is 368 g/mol. The van der Waals surface area contributed by atoms with Gasteiger partial charge in [-0.1, -0.05) is 18.2 Å². The summed E-state index contributed by atoms with van der Waals surface area (Å²) in [7, 11) is 1.86. The summed E-state index contributed by atoms with van der Waals surface area (Å²) in [4.78, 5) is 26.3. The van der Waals surface area contributed by atoms with Crippen LogP contribution in [0.2, 0.25) is 0 Å². The Morgan fingerprint density at radius 3 is 2.21 bits per heavy atom. The average Bonchev–Trinajstić information content (AvgIpc) is 3.39. The second-order valence-electron chi connectivity index (χ2n) is 7.35. The minimum atomic E-state index is -0.219. The van der Waals surface area contributed by atoms with E-state index in [0.29, 0.717) is 11.4 Å². The molecule has 1 aliphatic carbocycles. The maximum atomic E-state index is 12.5. The van der Waals surface area contributed by atoms with Gasteiger partial charge in [-0.15, -0.1) is 5.10 Å². The van der Waals surface area contributed by atoms with Crippen molar-refractivity contribution in [3.05, 3.63) is 66.2 Å². The van der Waals surface area contributed by atoms with Crippen LogP contribution in [0, 0.1) is 0 Å². The molecule has 0 bridgehead atoms. The molecule has 8 nitrogen and oxygen atoms in total. The molecule has 29 heavy (non-hydrogen) atoms. The van der Waals surface area contributed by atoms with E-state index in [1.165, 1.54) is 11.0 Å². The molecule has 2 heterocycles. The molecule has 0 atom stereocenters. The van der Waals surface area contributed by atoms with E-state index in [1.54, 1.807) is 0 Å². The number of hydrogen-bond donors (Lipinski definition) is 2. The molecule has 1 saturated carbocycles. The molecule has 1 fully saturated rings. The number of rotatable bonds is 5. The van der Waals surface area contributed by atoms with Gasteiger partial charge in [0.25, 0.3) is 11.8 Å². The highest BCUT2D eigenvalue weighted by Crippen LogP contribution is 2.19. The zero-order chi connectivity index (χ0) is 20.2. The van der Waals surface area contributed by atoms with Crippen LogP contribution in [0.3, 0.4) is 0 Å². The molecule has 0 spiro atoms. The first kappa shape index (κ1) is 18.9. The smallest absolute Gasteiger partial charge is 0.273 e. The zero-order valence-corrected chi connectivity index (χ0v) is 16.3. The van der Waals surface area contributed by atoms with E-state index in [-0.39, 0.29) is 23.9 Å². The van der Waals surface area contributed by atoms with Gasteiger partial charge in [-0.25, -0.2) is 0 Å². The zero-order valence-electron chi connectivity index (χ0n) is 16.3. The Kier molecular flexibility index (Phi) is 5.41. The SMILES string of the molecule is Cn1cccc1C(=O)NC1CCC(NC(=O)c2cnn(-c3ccccc3)n2)CC1. The van der Waals surface area contributed by atoms with Gasteiger partial charge in [0, 0.05) is 25.3 Å². The van der Waals surface area contributed by atoms with Crippen molar-refractivity contribution in [1.29, 1.82) is 0 Å². The molecule has 8 heteroatoms. The third-order valence-electron chi connectivity index (χ3n) is 5.29. The van der Waals surface area contributed by atoms with Crippen molar-refractivity contribution in [3.8, 4) is 5.69 Å². The van der Waals surface area contributed by atoms with Crippen LogP contribution < -0.4 is 10.6 Å². The lowest BCUT2D eigenvalue weighted by atomic mass is 9.91. The van der Waals surface area contributed by atoms with Crippen LogP contribution in [0.4, 0.5) is 0 Å². The van der Waals surface area contributed by atoms with Crippen molar-refractivity contribution in [3.63, 3.8) is 0 Å². The van der Waals surface area contributed by atoms with Gasteiger partial charge in [-0.3, -0.25) is 9.59 Å². The van der Waals surface area contributed by atoms with Crippen molar-refractivity contribution < 1.29 is 9.59 Å². The lowest BCUT2D eigenvalue weighted by Crippen LogP contribution is -2.44. The van der Waals surface area contributed by atoms with E-state index in [4.69, 9.17) is 0 Å². The van der Waals surface area contributed by atoms with Gasteiger partial charge in [-0.05, 0) is 49.9 Å². The number of nitrogens with one attached hydrogen (secondary N) is 2. The first-order valence-electron chi connectivity index (χ1n) is 9.81. The molecule has 2 N–H and O–H groups in total. The number of para-hydroxylation sites is 1. The summed E-state index contributed by atoms with van der Waals surface area (Å²) in [5.74, 6) is -0.272. The molecule has 1 aromatic carbocycles.